The maximum absolute atomic E-state index is 13.2. The first-order valence-corrected chi connectivity index (χ1v) is 17.2. The third-order valence-corrected chi connectivity index (χ3v) is 10.4. The van der Waals surface area contributed by atoms with Gasteiger partial charge in [0.25, 0.3) is 0 Å². The van der Waals surface area contributed by atoms with E-state index in [1.165, 1.54) is 10.4 Å². The van der Waals surface area contributed by atoms with Crippen molar-refractivity contribution in [3.63, 3.8) is 0 Å². The first kappa shape index (κ1) is 31.6. The summed E-state index contributed by atoms with van der Waals surface area (Å²) in [4.78, 5) is 22.8. The lowest BCUT2D eigenvalue weighted by molar-refractivity contribution is -0.139. The number of rotatable bonds is 12. The van der Waals surface area contributed by atoms with Crippen LogP contribution in [0, 0.1) is 0 Å². The smallest absolute Gasteiger partial charge is 0.349 e. The lowest BCUT2D eigenvalue weighted by atomic mass is 10.1. The molecule has 4 N–H and O–H groups in total. The Morgan fingerprint density at radius 3 is 2.40 bits per heavy atom. The Kier molecular flexibility index (Phi) is 9.67. The predicted molar refractivity (Wildman–Crippen MR) is 161 cm³/mol. The van der Waals surface area contributed by atoms with Crippen LogP contribution >= 0.6 is 22.9 Å². The van der Waals surface area contributed by atoms with E-state index in [9.17, 15) is 31.5 Å². The number of anilines is 2. The number of halogens is 1. The van der Waals surface area contributed by atoms with Crippen molar-refractivity contribution < 1.29 is 41.4 Å². The van der Waals surface area contributed by atoms with Crippen LogP contribution in [-0.2, 0) is 30.6 Å². The molecule has 0 radical (unpaired) electrons. The van der Waals surface area contributed by atoms with Gasteiger partial charge < -0.3 is 20.3 Å². The number of sulfonamides is 2. The Morgan fingerprint density at radius 2 is 1.76 bits per heavy atom. The van der Waals surface area contributed by atoms with Crippen LogP contribution in [0.3, 0.4) is 0 Å². The van der Waals surface area contributed by atoms with Crippen LogP contribution in [0.2, 0.25) is 5.02 Å². The number of hydrogen-bond acceptors (Lipinski definition) is 9. The van der Waals surface area contributed by atoms with E-state index in [4.69, 9.17) is 21.4 Å². The highest BCUT2D eigenvalue weighted by molar-refractivity contribution is 7.92. The number of carboxylic acids is 2. The van der Waals surface area contributed by atoms with Crippen molar-refractivity contribution in [3.8, 4) is 16.2 Å². The third kappa shape index (κ3) is 7.92. The van der Waals surface area contributed by atoms with Gasteiger partial charge in [-0.1, -0.05) is 41.9 Å². The average Bonchev–Trinajstić information content (AvgIpc) is 3.24. The summed E-state index contributed by atoms with van der Waals surface area (Å²) in [5, 5.41) is 21.8. The van der Waals surface area contributed by atoms with E-state index in [1.807, 2.05) is 6.07 Å². The normalized spacial score (nSPS) is 14.8. The maximum Gasteiger partial charge on any atom is 0.349 e. The molecular formula is C26H28ClN3O9S3. The highest BCUT2D eigenvalue weighted by Crippen LogP contribution is 2.46. The number of thiophene rings is 1. The summed E-state index contributed by atoms with van der Waals surface area (Å²) in [6.07, 6.45) is 2.04. The highest BCUT2D eigenvalue weighted by atomic mass is 35.5. The van der Waals surface area contributed by atoms with Crippen molar-refractivity contribution in [2.75, 3.05) is 36.0 Å². The quantitative estimate of drug-likeness (QED) is 0.222. The van der Waals surface area contributed by atoms with Crippen LogP contribution in [-0.4, -0.2) is 75.3 Å². The zero-order valence-electron chi connectivity index (χ0n) is 22.2. The second-order valence-electron chi connectivity index (χ2n) is 9.58. The predicted octanol–water partition coefficient (Wildman–Crippen LogP) is 4.01. The van der Waals surface area contributed by atoms with Crippen LogP contribution in [0.25, 0.3) is 10.4 Å². The molecular weight excluding hydrogens is 630 g/mol. The second kappa shape index (κ2) is 12.9. The Labute approximate surface area is 252 Å². The molecule has 226 valence electrons. The third-order valence-electron chi connectivity index (χ3n) is 6.34. The number of aromatic carboxylic acids is 1. The number of carbonyl (C=O) groups is 2. The van der Waals surface area contributed by atoms with E-state index in [1.54, 1.807) is 36.4 Å². The molecule has 3 aromatic rings. The minimum absolute atomic E-state index is 0.00243. The van der Waals surface area contributed by atoms with Gasteiger partial charge in [0.2, 0.25) is 20.0 Å². The number of hydrogen-bond donors (Lipinski definition) is 4. The van der Waals surface area contributed by atoms with E-state index >= 15 is 0 Å². The van der Waals surface area contributed by atoms with E-state index in [0.717, 1.165) is 17.6 Å². The molecule has 1 saturated heterocycles. The molecule has 16 heteroatoms. The Hall–Kier alpha value is -3.37. The molecule has 0 unspecified atom stereocenters. The van der Waals surface area contributed by atoms with Crippen molar-refractivity contribution in [3.05, 3.63) is 64.0 Å². The molecule has 1 aliphatic heterocycles. The Morgan fingerprint density at radius 1 is 1.07 bits per heavy atom. The number of aliphatic carboxylic acids is 1. The molecule has 0 spiro atoms. The SMILES string of the molecule is CS(=O)(=O)Nc1ccccc1CS(=O)(=O)N1CCC(Nc2cccc(-c3sc(C(=O)O)c(OCC(=O)O)c3Cl)c2)CC1. The van der Waals surface area contributed by atoms with Crippen molar-refractivity contribution in [2.45, 2.75) is 24.6 Å². The van der Waals surface area contributed by atoms with Gasteiger partial charge in [-0.15, -0.1) is 11.3 Å². The minimum Gasteiger partial charge on any atom is -0.479 e. The molecule has 2 heterocycles. The fourth-order valence-corrected chi connectivity index (χ4v) is 8.08. The number of piperidine rings is 1. The van der Waals surface area contributed by atoms with Gasteiger partial charge in [0.15, 0.2) is 17.2 Å². The van der Waals surface area contributed by atoms with Crippen molar-refractivity contribution in [2.24, 2.45) is 0 Å². The number of para-hydroxylation sites is 1. The molecule has 0 aliphatic carbocycles. The summed E-state index contributed by atoms with van der Waals surface area (Å²) >= 11 is 7.28. The molecule has 0 atom stereocenters. The van der Waals surface area contributed by atoms with E-state index in [-0.39, 0.29) is 46.2 Å². The number of ether oxygens (including phenoxy) is 1. The molecule has 0 saturated carbocycles. The van der Waals surface area contributed by atoms with E-state index in [0.29, 0.717) is 34.5 Å². The van der Waals surface area contributed by atoms with Gasteiger partial charge >= 0.3 is 11.9 Å². The second-order valence-corrected chi connectivity index (χ2v) is 14.7. The van der Waals surface area contributed by atoms with Crippen molar-refractivity contribution >= 4 is 66.3 Å². The van der Waals surface area contributed by atoms with Crippen LogP contribution in [0.4, 0.5) is 11.4 Å². The van der Waals surface area contributed by atoms with Gasteiger partial charge in [-0.05, 0) is 42.2 Å². The zero-order valence-corrected chi connectivity index (χ0v) is 25.4. The monoisotopic (exact) mass is 657 g/mol. The fraction of sp³-hybridized carbons (Fsp3) is 0.308. The van der Waals surface area contributed by atoms with Gasteiger partial charge in [0.1, 0.15) is 5.02 Å². The molecule has 4 rings (SSSR count). The number of nitrogens with one attached hydrogen (secondary N) is 2. The molecule has 0 amide bonds. The maximum atomic E-state index is 13.2. The highest BCUT2D eigenvalue weighted by Gasteiger charge is 2.29. The van der Waals surface area contributed by atoms with Crippen LogP contribution < -0.4 is 14.8 Å². The summed E-state index contributed by atoms with van der Waals surface area (Å²) in [6, 6.07) is 13.4. The molecule has 1 aromatic heterocycles. The summed E-state index contributed by atoms with van der Waals surface area (Å²) in [7, 11) is -7.29. The summed E-state index contributed by atoms with van der Waals surface area (Å²) in [6.45, 7) is -0.203. The Balaban J connectivity index is 1.43. The topological polar surface area (TPSA) is 179 Å². The summed E-state index contributed by atoms with van der Waals surface area (Å²) < 4.78 is 58.6. The molecule has 12 nitrogen and oxygen atoms in total. The van der Waals surface area contributed by atoms with Crippen LogP contribution in [0.15, 0.2) is 48.5 Å². The van der Waals surface area contributed by atoms with Gasteiger partial charge in [-0.2, -0.15) is 0 Å². The minimum atomic E-state index is -3.72. The molecule has 1 aliphatic rings. The van der Waals surface area contributed by atoms with Gasteiger partial charge in [-0.25, -0.2) is 30.7 Å². The average molecular weight is 658 g/mol. The summed E-state index contributed by atoms with van der Waals surface area (Å²) in [5.41, 5.74) is 1.89. The molecule has 2 aromatic carbocycles. The largest absolute Gasteiger partial charge is 0.479 e. The van der Waals surface area contributed by atoms with Gasteiger partial charge in [-0.3, -0.25) is 4.72 Å². The molecule has 0 bridgehead atoms. The Bertz CT molecular complexity index is 1700. The van der Waals surface area contributed by atoms with E-state index in [2.05, 4.69) is 10.0 Å². The lowest BCUT2D eigenvalue weighted by Gasteiger charge is -2.32. The standard InChI is InChI=1S/C26H28ClN3O9S3/c1-41(35,36)29-20-8-3-2-5-17(20)15-42(37,38)30-11-9-18(10-12-30)28-19-7-4-6-16(13-19)24-22(27)23(39-14-21(31)32)25(40-24)26(33)34/h2-8,13,18,28-29H,9-12,14-15H2,1H3,(H,31,32)(H,33,34). The lowest BCUT2D eigenvalue weighted by Crippen LogP contribution is -2.42. The number of nitrogens with zero attached hydrogens (tertiary/aromatic N) is 1. The van der Waals surface area contributed by atoms with Gasteiger partial charge in [0.05, 0.1) is 22.6 Å². The van der Waals surface area contributed by atoms with Crippen LogP contribution in [0.1, 0.15) is 28.1 Å². The number of carboxylic acid groups (broad SMARTS) is 2. The fourth-order valence-electron chi connectivity index (χ4n) is 4.48. The summed E-state index contributed by atoms with van der Waals surface area (Å²) in [5.74, 6) is -3.11. The van der Waals surface area contributed by atoms with Gasteiger partial charge in [0, 0.05) is 24.8 Å². The van der Waals surface area contributed by atoms with Crippen molar-refractivity contribution in [1.29, 1.82) is 0 Å². The van der Waals surface area contributed by atoms with Crippen LogP contribution in [0.5, 0.6) is 5.75 Å². The first-order valence-electron chi connectivity index (χ1n) is 12.5. The first-order chi connectivity index (χ1) is 19.7. The van der Waals surface area contributed by atoms with E-state index < -0.39 is 38.6 Å². The zero-order chi connectivity index (χ0) is 30.7. The number of benzene rings is 2. The molecule has 42 heavy (non-hydrogen) atoms. The molecule has 1 fully saturated rings. The van der Waals surface area contributed by atoms with Crippen molar-refractivity contribution in [1.82, 2.24) is 4.31 Å².